The molecule has 52 heavy (non-hydrogen) atoms. The molecule has 0 spiro atoms. The number of anilines is 2. The summed E-state index contributed by atoms with van der Waals surface area (Å²) in [6, 6.07) is 40.4. The zero-order valence-corrected chi connectivity index (χ0v) is 29.9. The fourth-order valence-electron chi connectivity index (χ4n) is 5.22. The summed E-state index contributed by atoms with van der Waals surface area (Å²) in [5, 5.41) is 10.5. The standard InChI is InChI=1S/C41H34N4O5S2/c1-49-35-20-12-19-30(36(35)50-2)25-33(43-38(46)29-17-10-5-11-18-29)39(47)42-31-21-23-32(24-22-31)52-37(28-15-8-4-9-16-28)40(48)45-41-44-34(26-51-41)27-13-6-3-7-14-27/h3-26,37H,1-2H3,(H,42,47)(H,43,46)(H,44,45,48)/b33-25-. The number of carbonyl (C=O) groups is 3. The van der Waals surface area contributed by atoms with Gasteiger partial charge in [0.25, 0.3) is 11.8 Å². The molecule has 0 saturated heterocycles. The maximum Gasteiger partial charge on any atom is 0.272 e. The highest BCUT2D eigenvalue weighted by molar-refractivity contribution is 8.00. The number of hydrogen-bond acceptors (Lipinski definition) is 8. The lowest BCUT2D eigenvalue weighted by atomic mass is 10.1. The van der Waals surface area contributed by atoms with Gasteiger partial charge in [0.1, 0.15) is 10.9 Å². The molecule has 260 valence electrons. The molecular formula is C41H34N4O5S2. The number of benzene rings is 5. The second kappa shape index (κ2) is 17.2. The second-order valence-electron chi connectivity index (χ2n) is 11.2. The number of ether oxygens (including phenoxy) is 2. The normalized spacial score (nSPS) is 11.6. The first-order valence-electron chi connectivity index (χ1n) is 16.2. The minimum atomic E-state index is -0.578. The molecule has 9 nitrogen and oxygen atoms in total. The van der Waals surface area contributed by atoms with Crippen molar-refractivity contribution in [3.63, 3.8) is 0 Å². The van der Waals surface area contributed by atoms with Crippen LogP contribution in [0.3, 0.4) is 0 Å². The first-order chi connectivity index (χ1) is 25.4. The van der Waals surface area contributed by atoms with Crippen LogP contribution in [0.25, 0.3) is 17.3 Å². The van der Waals surface area contributed by atoms with E-state index in [2.05, 4.69) is 20.9 Å². The molecule has 1 atom stereocenters. The van der Waals surface area contributed by atoms with Gasteiger partial charge in [-0.05, 0) is 54.1 Å². The van der Waals surface area contributed by atoms with Crippen LogP contribution in [0.4, 0.5) is 10.8 Å². The molecular weight excluding hydrogens is 693 g/mol. The molecule has 5 aromatic carbocycles. The number of rotatable bonds is 13. The van der Waals surface area contributed by atoms with Crippen molar-refractivity contribution in [3.8, 4) is 22.8 Å². The third kappa shape index (κ3) is 8.94. The van der Waals surface area contributed by atoms with Gasteiger partial charge in [-0.2, -0.15) is 0 Å². The molecule has 6 rings (SSSR count). The van der Waals surface area contributed by atoms with Gasteiger partial charge in [0.2, 0.25) is 5.91 Å². The summed E-state index contributed by atoms with van der Waals surface area (Å²) in [4.78, 5) is 46.0. The third-order valence-corrected chi connectivity index (χ3v) is 9.80. The van der Waals surface area contributed by atoms with Crippen molar-refractivity contribution >= 4 is 57.7 Å². The fourth-order valence-corrected chi connectivity index (χ4v) is 6.97. The Hall–Kier alpha value is -6.17. The number of thiazole rings is 1. The zero-order valence-electron chi connectivity index (χ0n) is 28.2. The average Bonchev–Trinajstić information content (AvgIpc) is 3.66. The van der Waals surface area contributed by atoms with E-state index in [1.807, 2.05) is 78.2 Å². The summed E-state index contributed by atoms with van der Waals surface area (Å²) in [7, 11) is 3.03. The van der Waals surface area contributed by atoms with Crippen LogP contribution < -0.4 is 25.4 Å². The Labute approximate surface area is 309 Å². The van der Waals surface area contributed by atoms with Gasteiger partial charge in [0, 0.05) is 32.7 Å². The van der Waals surface area contributed by atoms with Gasteiger partial charge in [-0.3, -0.25) is 14.4 Å². The van der Waals surface area contributed by atoms with E-state index < -0.39 is 17.1 Å². The van der Waals surface area contributed by atoms with Gasteiger partial charge in [-0.15, -0.1) is 23.1 Å². The van der Waals surface area contributed by atoms with Crippen LogP contribution in [0, 0.1) is 0 Å². The van der Waals surface area contributed by atoms with Gasteiger partial charge in [0.05, 0.1) is 19.9 Å². The number of hydrogen-bond donors (Lipinski definition) is 3. The van der Waals surface area contributed by atoms with Crippen LogP contribution in [-0.2, 0) is 9.59 Å². The highest BCUT2D eigenvalue weighted by Gasteiger charge is 2.24. The van der Waals surface area contributed by atoms with E-state index >= 15 is 0 Å². The van der Waals surface area contributed by atoms with Crippen molar-refractivity contribution in [1.82, 2.24) is 10.3 Å². The summed E-state index contributed by atoms with van der Waals surface area (Å²) in [6.07, 6.45) is 1.54. The van der Waals surface area contributed by atoms with Crippen LogP contribution in [0.15, 0.2) is 149 Å². The zero-order chi connectivity index (χ0) is 36.3. The van der Waals surface area contributed by atoms with Gasteiger partial charge < -0.3 is 25.4 Å². The van der Waals surface area contributed by atoms with E-state index in [0.717, 1.165) is 21.7 Å². The molecule has 0 fully saturated rings. The lowest BCUT2D eigenvalue weighted by Gasteiger charge is -2.17. The maximum absolute atomic E-state index is 13.7. The molecule has 3 amide bonds. The minimum Gasteiger partial charge on any atom is -0.493 e. The molecule has 6 aromatic rings. The predicted octanol–water partition coefficient (Wildman–Crippen LogP) is 8.71. The topological polar surface area (TPSA) is 119 Å². The molecule has 0 aliphatic rings. The number of thioether (sulfide) groups is 1. The lowest BCUT2D eigenvalue weighted by molar-refractivity contribution is -0.116. The van der Waals surface area contributed by atoms with Crippen LogP contribution in [0.2, 0.25) is 0 Å². The average molecular weight is 727 g/mol. The van der Waals surface area contributed by atoms with Crippen LogP contribution in [0.5, 0.6) is 11.5 Å². The Morgan fingerprint density at radius 2 is 1.42 bits per heavy atom. The quantitative estimate of drug-likeness (QED) is 0.0805. The first-order valence-corrected chi connectivity index (χ1v) is 17.9. The van der Waals surface area contributed by atoms with Gasteiger partial charge in [0.15, 0.2) is 16.6 Å². The summed E-state index contributed by atoms with van der Waals surface area (Å²) >= 11 is 2.75. The summed E-state index contributed by atoms with van der Waals surface area (Å²) in [5.74, 6) is -0.317. The van der Waals surface area contributed by atoms with Gasteiger partial charge in [-0.1, -0.05) is 91.0 Å². The molecule has 11 heteroatoms. The molecule has 1 aromatic heterocycles. The fraction of sp³-hybridized carbons (Fsp3) is 0.0732. The van der Waals surface area contributed by atoms with E-state index in [4.69, 9.17) is 9.47 Å². The van der Waals surface area contributed by atoms with Gasteiger partial charge in [-0.25, -0.2) is 4.98 Å². The van der Waals surface area contributed by atoms with E-state index in [0.29, 0.717) is 33.4 Å². The van der Waals surface area contributed by atoms with Crippen molar-refractivity contribution < 1.29 is 23.9 Å². The Morgan fingerprint density at radius 1 is 0.750 bits per heavy atom. The van der Waals surface area contributed by atoms with Crippen LogP contribution in [-0.4, -0.2) is 36.9 Å². The lowest BCUT2D eigenvalue weighted by Crippen LogP contribution is -2.30. The van der Waals surface area contributed by atoms with E-state index in [-0.39, 0.29) is 11.6 Å². The van der Waals surface area contributed by atoms with Gasteiger partial charge >= 0.3 is 0 Å². The number of aromatic nitrogens is 1. The van der Waals surface area contributed by atoms with Crippen molar-refractivity contribution in [1.29, 1.82) is 0 Å². The molecule has 0 bridgehead atoms. The molecule has 1 unspecified atom stereocenters. The molecule has 1 heterocycles. The van der Waals surface area contributed by atoms with Crippen molar-refractivity contribution in [2.45, 2.75) is 10.1 Å². The molecule has 0 radical (unpaired) electrons. The SMILES string of the molecule is COc1cccc(/C=C(\NC(=O)c2ccccc2)C(=O)Nc2ccc(SC(C(=O)Nc3nc(-c4ccccc4)cs3)c3ccccc3)cc2)c1OC. The third-order valence-electron chi connectivity index (χ3n) is 7.77. The maximum atomic E-state index is 13.7. The number of methoxy groups -OCH3 is 2. The first kappa shape index (κ1) is 35.6. The summed E-state index contributed by atoms with van der Waals surface area (Å²) in [5.41, 5.74) is 4.01. The number of nitrogens with zero attached hydrogens (tertiary/aromatic N) is 1. The van der Waals surface area contributed by atoms with Crippen LogP contribution in [0.1, 0.15) is 26.7 Å². The number of para-hydroxylation sites is 1. The smallest absolute Gasteiger partial charge is 0.272 e. The Bertz CT molecular complexity index is 2170. The summed E-state index contributed by atoms with van der Waals surface area (Å²) in [6.45, 7) is 0. The molecule has 0 aliphatic carbocycles. The van der Waals surface area contributed by atoms with Crippen molar-refractivity contribution in [2.75, 3.05) is 24.9 Å². The van der Waals surface area contributed by atoms with E-state index in [9.17, 15) is 14.4 Å². The monoisotopic (exact) mass is 726 g/mol. The summed E-state index contributed by atoms with van der Waals surface area (Å²) < 4.78 is 11.0. The Balaban J connectivity index is 1.20. The molecule has 0 aliphatic heterocycles. The molecule has 0 saturated carbocycles. The highest BCUT2D eigenvalue weighted by atomic mass is 32.2. The number of nitrogens with one attached hydrogen (secondary N) is 3. The van der Waals surface area contributed by atoms with Crippen molar-refractivity contribution in [2.24, 2.45) is 0 Å². The van der Waals surface area contributed by atoms with Crippen LogP contribution >= 0.6 is 23.1 Å². The highest BCUT2D eigenvalue weighted by Crippen LogP contribution is 2.37. The molecule has 3 N–H and O–H groups in total. The Morgan fingerprint density at radius 3 is 2.10 bits per heavy atom. The van der Waals surface area contributed by atoms with Crippen molar-refractivity contribution in [3.05, 3.63) is 161 Å². The Kier molecular flexibility index (Phi) is 11.8. The number of carbonyl (C=O) groups excluding carboxylic acids is 3. The number of amides is 3. The second-order valence-corrected chi connectivity index (χ2v) is 13.3. The minimum absolute atomic E-state index is 0.00252. The van der Waals surface area contributed by atoms with E-state index in [1.165, 1.54) is 43.4 Å². The predicted molar refractivity (Wildman–Crippen MR) is 208 cm³/mol. The van der Waals surface area contributed by atoms with E-state index in [1.54, 1.807) is 60.7 Å². The largest absolute Gasteiger partial charge is 0.493 e.